The van der Waals surface area contributed by atoms with E-state index in [-0.39, 0.29) is 10.8 Å². The summed E-state index contributed by atoms with van der Waals surface area (Å²) < 4.78 is 29.7. The quantitative estimate of drug-likeness (QED) is 0.259. The zero-order valence-electron chi connectivity index (χ0n) is 21.8. The molecule has 0 amide bonds. The van der Waals surface area contributed by atoms with E-state index in [9.17, 15) is 8.42 Å². The molecule has 0 aliphatic heterocycles. The van der Waals surface area contributed by atoms with Crippen LogP contribution in [0.3, 0.4) is 0 Å². The third-order valence-electron chi connectivity index (χ3n) is 7.91. The number of anilines is 2. The minimum absolute atomic E-state index is 0.260. The molecule has 0 radical (unpaired) electrons. The number of fused-ring (bicyclic) bond motifs is 1. The van der Waals surface area contributed by atoms with E-state index in [1.54, 1.807) is 12.3 Å². The molecule has 7 rings (SSSR count). The Balaban J connectivity index is 1.35. The molecule has 2 fully saturated rings. The predicted molar refractivity (Wildman–Crippen MR) is 157 cm³/mol. The number of nitrogens with two attached hydrogens (primary N) is 2. The Morgan fingerprint density at radius 1 is 0.950 bits per heavy atom. The molecule has 3 aromatic heterocycles. The summed E-state index contributed by atoms with van der Waals surface area (Å²) in [6.45, 7) is 0. The molecule has 0 spiro atoms. The molecule has 2 aromatic carbocycles. The van der Waals surface area contributed by atoms with Crippen LogP contribution >= 0.6 is 0 Å². The zero-order chi connectivity index (χ0) is 27.5. The van der Waals surface area contributed by atoms with Gasteiger partial charge in [-0.3, -0.25) is 9.29 Å². The summed E-state index contributed by atoms with van der Waals surface area (Å²) in [4.78, 5) is 14.2. The Bertz CT molecular complexity index is 1860. The fourth-order valence-corrected chi connectivity index (χ4v) is 6.69. The van der Waals surface area contributed by atoms with Crippen LogP contribution in [0.25, 0.3) is 39.5 Å². The van der Waals surface area contributed by atoms with Crippen molar-refractivity contribution >= 4 is 32.7 Å². The van der Waals surface area contributed by atoms with Crippen molar-refractivity contribution in [1.29, 1.82) is 0 Å². The first-order chi connectivity index (χ1) is 19.3. The van der Waals surface area contributed by atoms with Crippen LogP contribution in [-0.2, 0) is 15.6 Å². The molecule has 9 nitrogen and oxygen atoms in total. The van der Waals surface area contributed by atoms with Gasteiger partial charge in [-0.1, -0.05) is 24.3 Å². The molecule has 0 unspecified atom stereocenters. The van der Waals surface area contributed by atoms with Gasteiger partial charge in [-0.25, -0.2) is 23.4 Å². The second-order valence-corrected chi connectivity index (χ2v) is 12.7. The number of nitrogen functional groups attached to an aromatic ring is 1. The number of benzene rings is 2. The van der Waals surface area contributed by atoms with Crippen molar-refractivity contribution in [2.24, 2.45) is 5.73 Å². The van der Waals surface area contributed by atoms with Gasteiger partial charge >= 0.3 is 0 Å². The molecule has 40 heavy (non-hydrogen) atoms. The van der Waals surface area contributed by atoms with E-state index in [1.807, 2.05) is 59.2 Å². The van der Waals surface area contributed by atoms with Crippen LogP contribution < -0.4 is 16.2 Å². The van der Waals surface area contributed by atoms with Crippen molar-refractivity contribution in [2.75, 3.05) is 10.5 Å². The van der Waals surface area contributed by atoms with E-state index in [0.29, 0.717) is 52.6 Å². The second kappa shape index (κ2) is 9.14. The average Bonchev–Trinajstić information content (AvgIpc) is 3.74. The first-order valence-corrected chi connectivity index (χ1v) is 15.0. The number of nitrogens with one attached hydrogen (secondary N) is 1. The van der Waals surface area contributed by atoms with E-state index >= 15 is 0 Å². The molecule has 3 heterocycles. The molecule has 2 saturated carbocycles. The van der Waals surface area contributed by atoms with Crippen molar-refractivity contribution in [1.82, 2.24) is 19.5 Å². The highest BCUT2D eigenvalue weighted by Crippen LogP contribution is 2.39. The molecule has 0 atom stereocenters. The summed E-state index contributed by atoms with van der Waals surface area (Å²) in [5, 5.41) is -0.303. The van der Waals surface area contributed by atoms with Crippen molar-refractivity contribution in [3.8, 4) is 28.3 Å². The minimum Gasteiger partial charge on any atom is -0.383 e. The number of aromatic nitrogens is 4. The molecule has 10 heteroatoms. The van der Waals surface area contributed by atoms with Crippen LogP contribution in [-0.4, -0.2) is 33.2 Å². The Morgan fingerprint density at radius 3 is 2.45 bits per heavy atom. The first kappa shape index (κ1) is 24.7. The number of imidazole rings is 1. The maximum Gasteiger partial charge on any atom is 0.235 e. The predicted octanol–water partition coefficient (Wildman–Crippen LogP) is 4.97. The van der Waals surface area contributed by atoms with Gasteiger partial charge in [-0.2, -0.15) is 0 Å². The lowest BCUT2D eigenvalue weighted by atomic mass is 9.73. The first-order valence-electron chi connectivity index (χ1n) is 13.4. The van der Waals surface area contributed by atoms with Gasteiger partial charge in [0, 0.05) is 28.7 Å². The van der Waals surface area contributed by atoms with Crippen molar-refractivity contribution < 1.29 is 8.42 Å². The number of pyridine rings is 2. The molecule has 2 aliphatic carbocycles. The Kier molecular flexibility index (Phi) is 5.65. The zero-order valence-corrected chi connectivity index (χ0v) is 22.6. The van der Waals surface area contributed by atoms with E-state index in [0.717, 1.165) is 36.1 Å². The van der Waals surface area contributed by atoms with Gasteiger partial charge in [-0.15, -0.1) is 0 Å². The fourth-order valence-electron chi connectivity index (χ4n) is 5.31. The summed E-state index contributed by atoms with van der Waals surface area (Å²) in [6.07, 6.45) is 6.17. The van der Waals surface area contributed by atoms with Gasteiger partial charge in [-0.05, 0) is 86.2 Å². The molecule has 0 bridgehead atoms. The fraction of sp³-hybridized carbons (Fsp3) is 0.233. The van der Waals surface area contributed by atoms with E-state index in [4.69, 9.17) is 21.4 Å². The number of hydrogen-bond donors (Lipinski definition) is 3. The number of rotatable bonds is 7. The molecular formula is C30H29N7O2S. The van der Waals surface area contributed by atoms with Crippen LogP contribution in [0.15, 0.2) is 79.0 Å². The number of hydrogen-bond acceptors (Lipinski definition) is 7. The topological polar surface area (TPSA) is 142 Å². The van der Waals surface area contributed by atoms with E-state index in [1.165, 1.54) is 0 Å². The number of nitrogens with zero attached hydrogens (tertiary/aromatic N) is 4. The SMILES string of the molecule is Nc1ncccc1-c1nc2ccc(-c3cccc(NS(=O)(=O)C4CC4)c3)nc2n1-c1ccc(C2(N)CCC2)cc1. The Labute approximate surface area is 232 Å². The van der Waals surface area contributed by atoms with E-state index in [2.05, 4.69) is 21.8 Å². The summed E-state index contributed by atoms with van der Waals surface area (Å²) in [5.41, 5.74) is 18.7. The van der Waals surface area contributed by atoms with Crippen LogP contribution in [0, 0.1) is 0 Å². The summed E-state index contributed by atoms with van der Waals surface area (Å²) in [5.74, 6) is 1.01. The van der Waals surface area contributed by atoms with Crippen molar-refractivity contribution in [3.63, 3.8) is 0 Å². The monoisotopic (exact) mass is 551 g/mol. The van der Waals surface area contributed by atoms with Gasteiger partial charge in [0.2, 0.25) is 10.0 Å². The molecule has 5 N–H and O–H groups in total. The highest BCUT2D eigenvalue weighted by atomic mass is 32.2. The lowest BCUT2D eigenvalue weighted by molar-refractivity contribution is 0.253. The molecule has 2 aliphatic rings. The minimum atomic E-state index is -3.37. The molecular weight excluding hydrogens is 522 g/mol. The normalized spacial score (nSPS) is 16.5. The standard InChI is InChI=1S/C30H29N7O2S/c31-27-24(6-2-17-33-27)28-35-26-14-13-25(19-4-1-5-21(18-19)36-40(38,39)23-11-12-23)34-29(26)37(28)22-9-7-20(8-10-22)30(32)15-3-16-30/h1-2,4-10,13-14,17-18,23,36H,3,11-12,15-16,32H2,(H2,31,33). The summed E-state index contributed by atoms with van der Waals surface area (Å²) >= 11 is 0. The Morgan fingerprint density at radius 2 is 1.75 bits per heavy atom. The third kappa shape index (κ3) is 4.29. The van der Waals surface area contributed by atoms with Gasteiger partial charge in [0.05, 0.1) is 16.5 Å². The van der Waals surface area contributed by atoms with Crippen molar-refractivity contribution in [3.05, 3.63) is 84.6 Å². The van der Waals surface area contributed by atoms with Gasteiger partial charge in [0.25, 0.3) is 0 Å². The highest BCUT2D eigenvalue weighted by molar-refractivity contribution is 7.93. The van der Waals surface area contributed by atoms with Crippen LogP contribution in [0.5, 0.6) is 0 Å². The van der Waals surface area contributed by atoms with Crippen LogP contribution in [0.1, 0.15) is 37.7 Å². The summed E-state index contributed by atoms with van der Waals surface area (Å²) in [7, 11) is -3.37. The lowest BCUT2D eigenvalue weighted by Crippen LogP contribution is -2.43. The number of sulfonamides is 1. The second-order valence-electron chi connectivity index (χ2n) is 10.7. The van der Waals surface area contributed by atoms with Gasteiger partial charge < -0.3 is 11.5 Å². The van der Waals surface area contributed by atoms with Crippen LogP contribution in [0.4, 0.5) is 11.5 Å². The summed E-state index contributed by atoms with van der Waals surface area (Å²) in [6, 6.07) is 23.1. The smallest absolute Gasteiger partial charge is 0.235 e. The maximum atomic E-state index is 12.5. The van der Waals surface area contributed by atoms with Gasteiger partial charge in [0.15, 0.2) is 11.5 Å². The lowest BCUT2D eigenvalue weighted by Gasteiger charge is -2.38. The van der Waals surface area contributed by atoms with E-state index < -0.39 is 10.0 Å². The molecule has 5 aromatic rings. The third-order valence-corrected chi connectivity index (χ3v) is 9.78. The van der Waals surface area contributed by atoms with Crippen molar-refractivity contribution in [2.45, 2.75) is 42.9 Å². The molecule has 202 valence electrons. The average molecular weight is 552 g/mol. The maximum absolute atomic E-state index is 12.5. The van der Waals surface area contributed by atoms with Gasteiger partial charge in [0.1, 0.15) is 11.3 Å². The highest BCUT2D eigenvalue weighted by Gasteiger charge is 2.36. The van der Waals surface area contributed by atoms with Crippen LogP contribution in [0.2, 0.25) is 0 Å². The largest absolute Gasteiger partial charge is 0.383 e. The Hall–Kier alpha value is -4.28. The molecule has 0 saturated heterocycles.